The van der Waals surface area contributed by atoms with Gasteiger partial charge in [0.15, 0.2) is 17.5 Å². The van der Waals surface area contributed by atoms with E-state index in [1.165, 1.54) is 22.3 Å². The van der Waals surface area contributed by atoms with Gasteiger partial charge >= 0.3 is 0 Å². The van der Waals surface area contributed by atoms with Gasteiger partial charge in [-0.15, -0.1) is 0 Å². The van der Waals surface area contributed by atoms with Crippen LogP contribution in [0.3, 0.4) is 0 Å². The summed E-state index contributed by atoms with van der Waals surface area (Å²) in [5, 5.41) is 0. The molecular weight excluding hydrogens is 450 g/mol. The average Bonchev–Trinajstić information content (AvgIpc) is 2.98. The number of aromatic nitrogens is 3. The van der Waals surface area contributed by atoms with Crippen LogP contribution in [-0.4, -0.2) is 15.0 Å². The van der Waals surface area contributed by atoms with Crippen LogP contribution in [0.4, 0.5) is 0 Å². The highest BCUT2D eigenvalue weighted by Crippen LogP contribution is 2.29. The molecule has 5 aromatic carbocycles. The van der Waals surface area contributed by atoms with E-state index in [1.807, 2.05) is 60.7 Å². The van der Waals surface area contributed by atoms with E-state index < -0.39 is 0 Å². The van der Waals surface area contributed by atoms with Gasteiger partial charge in [-0.25, -0.2) is 15.0 Å². The van der Waals surface area contributed by atoms with Gasteiger partial charge < -0.3 is 0 Å². The van der Waals surface area contributed by atoms with E-state index in [9.17, 15) is 0 Å². The van der Waals surface area contributed by atoms with E-state index >= 15 is 0 Å². The SMILES string of the molecule is Cc1cccc(-c2ccc(-c3ccc(-c4nc(-c5ccccc5)nc(-c5ccccc5)n4)cc3)cc2)c1. The molecule has 37 heavy (non-hydrogen) atoms. The number of hydrogen-bond acceptors (Lipinski definition) is 3. The summed E-state index contributed by atoms with van der Waals surface area (Å²) in [6.45, 7) is 2.12. The fraction of sp³-hybridized carbons (Fsp3) is 0.0294. The molecule has 176 valence electrons. The zero-order valence-corrected chi connectivity index (χ0v) is 20.5. The monoisotopic (exact) mass is 475 g/mol. The summed E-state index contributed by atoms with van der Waals surface area (Å²) in [6, 6.07) is 45.8. The topological polar surface area (TPSA) is 38.7 Å². The summed E-state index contributed by atoms with van der Waals surface area (Å²) in [5.74, 6) is 1.99. The Labute approximate surface area is 217 Å². The minimum absolute atomic E-state index is 0.661. The predicted molar refractivity (Wildman–Crippen MR) is 152 cm³/mol. The number of nitrogens with zero attached hydrogens (tertiary/aromatic N) is 3. The molecule has 0 atom stereocenters. The lowest BCUT2D eigenvalue weighted by atomic mass is 9.99. The van der Waals surface area contributed by atoms with Crippen molar-refractivity contribution in [3.05, 3.63) is 139 Å². The first-order chi connectivity index (χ1) is 18.2. The second-order valence-electron chi connectivity index (χ2n) is 9.06. The molecule has 1 heterocycles. The fourth-order valence-corrected chi connectivity index (χ4v) is 4.43. The first-order valence-corrected chi connectivity index (χ1v) is 12.4. The van der Waals surface area contributed by atoms with Crippen molar-refractivity contribution < 1.29 is 0 Å². The van der Waals surface area contributed by atoms with Crippen molar-refractivity contribution in [2.45, 2.75) is 6.92 Å². The summed E-state index contributed by atoms with van der Waals surface area (Å²) in [4.78, 5) is 14.4. The molecule has 3 heteroatoms. The van der Waals surface area contributed by atoms with E-state index in [1.54, 1.807) is 0 Å². The highest BCUT2D eigenvalue weighted by molar-refractivity contribution is 5.73. The third kappa shape index (κ3) is 4.93. The lowest BCUT2D eigenvalue weighted by molar-refractivity contribution is 1.07. The van der Waals surface area contributed by atoms with Crippen LogP contribution in [0, 0.1) is 6.92 Å². The Bertz CT molecular complexity index is 1580. The number of aryl methyl sites for hydroxylation is 1. The fourth-order valence-electron chi connectivity index (χ4n) is 4.43. The number of benzene rings is 5. The minimum atomic E-state index is 0.661. The Morgan fingerprint density at radius 3 is 1.11 bits per heavy atom. The maximum absolute atomic E-state index is 4.83. The summed E-state index contributed by atoms with van der Waals surface area (Å²) >= 11 is 0. The van der Waals surface area contributed by atoms with E-state index in [0.29, 0.717) is 17.5 Å². The molecule has 6 aromatic rings. The van der Waals surface area contributed by atoms with Crippen LogP contribution in [0.5, 0.6) is 0 Å². The summed E-state index contributed by atoms with van der Waals surface area (Å²) in [6.07, 6.45) is 0. The molecule has 0 aliphatic rings. The molecular formula is C34H25N3. The number of rotatable bonds is 5. The summed E-state index contributed by atoms with van der Waals surface area (Å²) < 4.78 is 0. The van der Waals surface area contributed by atoms with Crippen molar-refractivity contribution in [3.63, 3.8) is 0 Å². The van der Waals surface area contributed by atoms with Gasteiger partial charge in [-0.05, 0) is 29.2 Å². The molecule has 0 radical (unpaired) electrons. The number of hydrogen-bond donors (Lipinski definition) is 0. The van der Waals surface area contributed by atoms with Gasteiger partial charge in [-0.3, -0.25) is 0 Å². The maximum atomic E-state index is 4.83. The molecule has 0 amide bonds. The van der Waals surface area contributed by atoms with Crippen LogP contribution >= 0.6 is 0 Å². The van der Waals surface area contributed by atoms with Gasteiger partial charge in [0.2, 0.25) is 0 Å². The van der Waals surface area contributed by atoms with Gasteiger partial charge in [-0.1, -0.05) is 139 Å². The minimum Gasteiger partial charge on any atom is -0.208 e. The highest BCUT2D eigenvalue weighted by Gasteiger charge is 2.12. The molecule has 0 spiro atoms. The zero-order valence-electron chi connectivity index (χ0n) is 20.5. The second kappa shape index (κ2) is 10.00. The van der Waals surface area contributed by atoms with Crippen molar-refractivity contribution in [1.82, 2.24) is 15.0 Å². The quantitative estimate of drug-likeness (QED) is 0.251. The molecule has 0 bridgehead atoms. The normalized spacial score (nSPS) is 10.8. The van der Waals surface area contributed by atoms with Crippen LogP contribution in [0.25, 0.3) is 56.4 Å². The van der Waals surface area contributed by atoms with Crippen LogP contribution in [0.1, 0.15) is 5.56 Å². The highest BCUT2D eigenvalue weighted by atomic mass is 15.0. The molecule has 0 aliphatic heterocycles. The Morgan fingerprint density at radius 1 is 0.324 bits per heavy atom. The zero-order chi connectivity index (χ0) is 25.0. The van der Waals surface area contributed by atoms with E-state index in [0.717, 1.165) is 22.3 Å². The van der Waals surface area contributed by atoms with Gasteiger partial charge in [0, 0.05) is 16.7 Å². The lowest BCUT2D eigenvalue weighted by Gasteiger charge is -2.09. The van der Waals surface area contributed by atoms with E-state index in [4.69, 9.17) is 15.0 Å². The second-order valence-corrected chi connectivity index (χ2v) is 9.06. The first-order valence-electron chi connectivity index (χ1n) is 12.4. The van der Waals surface area contributed by atoms with Crippen LogP contribution in [0.15, 0.2) is 133 Å². The van der Waals surface area contributed by atoms with Gasteiger partial charge in [-0.2, -0.15) is 0 Å². The molecule has 6 rings (SSSR count). The molecule has 0 N–H and O–H groups in total. The Balaban J connectivity index is 1.34. The van der Waals surface area contributed by atoms with Crippen LogP contribution in [0.2, 0.25) is 0 Å². The van der Waals surface area contributed by atoms with Crippen molar-refractivity contribution in [1.29, 1.82) is 0 Å². The van der Waals surface area contributed by atoms with Gasteiger partial charge in [0.1, 0.15) is 0 Å². The summed E-state index contributed by atoms with van der Waals surface area (Å²) in [7, 11) is 0. The largest absolute Gasteiger partial charge is 0.208 e. The molecule has 0 unspecified atom stereocenters. The standard InChI is InChI=1S/C34H25N3/c1-24-9-8-14-31(23-24)27-17-15-25(16-18-27)26-19-21-30(22-20-26)34-36-32(28-10-4-2-5-11-28)35-33(37-34)29-12-6-3-7-13-29/h2-23H,1H3. The van der Waals surface area contributed by atoms with Crippen molar-refractivity contribution in [2.24, 2.45) is 0 Å². The Hall–Kier alpha value is -4.89. The third-order valence-corrected chi connectivity index (χ3v) is 6.41. The Morgan fingerprint density at radius 2 is 0.676 bits per heavy atom. The molecule has 0 fully saturated rings. The molecule has 0 aliphatic carbocycles. The summed E-state index contributed by atoms with van der Waals surface area (Å²) in [5.41, 5.74) is 8.94. The Kier molecular flexibility index (Phi) is 6.10. The van der Waals surface area contributed by atoms with Crippen LogP contribution in [-0.2, 0) is 0 Å². The van der Waals surface area contributed by atoms with E-state index in [-0.39, 0.29) is 0 Å². The smallest absolute Gasteiger partial charge is 0.164 e. The lowest BCUT2D eigenvalue weighted by Crippen LogP contribution is -2.00. The van der Waals surface area contributed by atoms with E-state index in [2.05, 4.69) is 79.7 Å². The van der Waals surface area contributed by atoms with Crippen LogP contribution < -0.4 is 0 Å². The molecule has 3 nitrogen and oxygen atoms in total. The molecule has 0 saturated carbocycles. The van der Waals surface area contributed by atoms with Gasteiger partial charge in [0.05, 0.1) is 0 Å². The maximum Gasteiger partial charge on any atom is 0.164 e. The van der Waals surface area contributed by atoms with Crippen molar-refractivity contribution in [2.75, 3.05) is 0 Å². The van der Waals surface area contributed by atoms with Gasteiger partial charge in [0.25, 0.3) is 0 Å². The molecule has 0 saturated heterocycles. The first kappa shape index (κ1) is 22.6. The third-order valence-electron chi connectivity index (χ3n) is 6.41. The van der Waals surface area contributed by atoms with Crippen molar-refractivity contribution >= 4 is 0 Å². The molecule has 1 aromatic heterocycles. The predicted octanol–water partition coefficient (Wildman–Crippen LogP) is 8.52. The van der Waals surface area contributed by atoms with Crippen molar-refractivity contribution in [3.8, 4) is 56.4 Å². The average molecular weight is 476 g/mol.